The molecule has 0 saturated heterocycles. The van der Waals surface area contributed by atoms with Gasteiger partial charge in [0.25, 0.3) is 0 Å². The van der Waals surface area contributed by atoms with Crippen molar-refractivity contribution >= 4 is 26.4 Å². The van der Waals surface area contributed by atoms with Crippen molar-refractivity contribution in [1.29, 1.82) is 0 Å². The predicted octanol–water partition coefficient (Wildman–Crippen LogP) is 6.31. The molecule has 0 spiro atoms. The average Bonchev–Trinajstić information content (AvgIpc) is 2.64. The van der Waals surface area contributed by atoms with E-state index in [1.165, 1.54) is 36.8 Å². The van der Waals surface area contributed by atoms with Gasteiger partial charge in [-0.2, -0.15) is 0 Å². The van der Waals surface area contributed by atoms with Crippen molar-refractivity contribution in [3.05, 3.63) is 71.8 Å². The van der Waals surface area contributed by atoms with Crippen molar-refractivity contribution in [2.24, 2.45) is 5.41 Å². The molecule has 2 atom stereocenters. The van der Waals surface area contributed by atoms with Gasteiger partial charge in [0.15, 0.2) is 0 Å². The number of rotatable bonds is 9. The monoisotopic (exact) mass is 432 g/mol. The highest BCUT2D eigenvalue weighted by atomic mass is 79.9. The molecule has 0 aliphatic heterocycles. The number of benzene rings is 2. The van der Waals surface area contributed by atoms with Gasteiger partial charge in [-0.15, -0.1) is 0 Å². The van der Waals surface area contributed by atoms with E-state index in [4.69, 9.17) is 4.43 Å². The third-order valence-corrected chi connectivity index (χ3v) is 7.74. The molecule has 0 saturated carbocycles. The molecule has 0 aromatic heterocycles. The summed E-state index contributed by atoms with van der Waals surface area (Å²) in [6.45, 7) is 7.08. The van der Waals surface area contributed by atoms with Gasteiger partial charge in [0, 0.05) is 0 Å². The van der Waals surface area contributed by atoms with Crippen LogP contribution in [0.2, 0.25) is 0 Å². The molecule has 26 heavy (non-hydrogen) atoms. The normalized spacial score (nSPS) is 15.5. The van der Waals surface area contributed by atoms with Crippen LogP contribution in [0.1, 0.15) is 69.9 Å². The lowest BCUT2D eigenvalue weighted by Crippen LogP contribution is -2.21. The standard InChI is InChI=1S/C23H33BrOSi/c1-22(2,3)21(19-13-7-4-8-14-19)17-11-6-12-18-23(24,25-26)20-15-9-5-10-16-20/h4-5,7-10,13-16,21H,6,11-12,17-18H2,1-3,26H3. The molecule has 0 amide bonds. The lowest BCUT2D eigenvalue weighted by atomic mass is 9.74. The van der Waals surface area contributed by atoms with E-state index >= 15 is 0 Å². The summed E-state index contributed by atoms with van der Waals surface area (Å²) in [6, 6.07) is 21.5. The number of hydrogen-bond acceptors (Lipinski definition) is 1. The minimum atomic E-state index is -0.302. The van der Waals surface area contributed by atoms with E-state index in [1.807, 2.05) is 0 Å². The van der Waals surface area contributed by atoms with Crippen LogP contribution in [0.15, 0.2) is 60.7 Å². The minimum absolute atomic E-state index is 0.294. The molecule has 0 radical (unpaired) electrons. The molecule has 2 aromatic rings. The SMILES string of the molecule is CC(C)(C)C(CCCCCC(Br)(O[SiH3])c1ccccc1)c1ccccc1. The van der Waals surface area contributed by atoms with E-state index < -0.39 is 0 Å². The molecule has 0 bridgehead atoms. The van der Waals surface area contributed by atoms with Crippen LogP contribution in [0, 0.1) is 5.41 Å². The molecule has 0 aliphatic rings. The van der Waals surface area contributed by atoms with Crippen LogP contribution >= 0.6 is 15.9 Å². The van der Waals surface area contributed by atoms with Gasteiger partial charge in [-0.25, -0.2) is 0 Å². The summed E-state index contributed by atoms with van der Waals surface area (Å²) >= 11 is 3.85. The van der Waals surface area contributed by atoms with Crippen LogP contribution in [0.5, 0.6) is 0 Å². The van der Waals surface area contributed by atoms with Crippen molar-refractivity contribution in [3.63, 3.8) is 0 Å². The number of halogens is 1. The van der Waals surface area contributed by atoms with Gasteiger partial charge in [0.2, 0.25) is 0 Å². The van der Waals surface area contributed by atoms with Crippen LogP contribution in [0.4, 0.5) is 0 Å². The Bertz CT molecular complexity index is 638. The second-order valence-corrected chi connectivity index (χ2v) is 9.92. The van der Waals surface area contributed by atoms with E-state index in [0.29, 0.717) is 11.3 Å². The van der Waals surface area contributed by atoms with Gasteiger partial charge < -0.3 is 4.43 Å². The molecule has 0 aliphatic carbocycles. The van der Waals surface area contributed by atoms with Crippen molar-refractivity contribution in [2.45, 2.75) is 63.3 Å². The van der Waals surface area contributed by atoms with E-state index in [9.17, 15) is 0 Å². The van der Waals surface area contributed by atoms with Crippen molar-refractivity contribution < 1.29 is 4.43 Å². The fraction of sp³-hybridized carbons (Fsp3) is 0.478. The topological polar surface area (TPSA) is 9.23 Å². The summed E-state index contributed by atoms with van der Waals surface area (Å²) in [5.41, 5.74) is 3.00. The lowest BCUT2D eigenvalue weighted by molar-refractivity contribution is 0.176. The number of unbranched alkanes of at least 4 members (excludes halogenated alkanes) is 2. The summed E-state index contributed by atoms with van der Waals surface area (Å²) in [4.78, 5) is 0. The molecule has 0 N–H and O–H groups in total. The molecule has 1 nitrogen and oxygen atoms in total. The second-order valence-electron chi connectivity index (χ2n) is 8.23. The first kappa shape index (κ1) is 21.4. The van der Waals surface area contributed by atoms with Gasteiger partial charge in [-0.1, -0.05) is 94.3 Å². The van der Waals surface area contributed by atoms with E-state index in [0.717, 1.165) is 16.9 Å². The Morgan fingerprint density at radius 2 is 1.46 bits per heavy atom. The highest BCUT2D eigenvalue weighted by Crippen LogP contribution is 2.40. The zero-order valence-electron chi connectivity index (χ0n) is 16.7. The highest BCUT2D eigenvalue weighted by molar-refractivity contribution is 9.09. The first-order chi connectivity index (χ1) is 12.4. The van der Waals surface area contributed by atoms with E-state index in [1.54, 1.807) is 0 Å². The molecule has 2 rings (SSSR count). The van der Waals surface area contributed by atoms with E-state index in [2.05, 4.69) is 97.4 Å². The Balaban J connectivity index is 1.87. The maximum absolute atomic E-state index is 5.93. The summed E-state index contributed by atoms with van der Waals surface area (Å²) in [7, 11) is 0.728. The van der Waals surface area contributed by atoms with Crippen molar-refractivity contribution in [3.8, 4) is 0 Å². The maximum Gasteiger partial charge on any atom is 0.148 e. The van der Waals surface area contributed by atoms with Crippen molar-refractivity contribution in [1.82, 2.24) is 0 Å². The minimum Gasteiger partial charge on any atom is -0.410 e. The molecule has 142 valence electrons. The quantitative estimate of drug-likeness (QED) is 0.256. The summed E-state index contributed by atoms with van der Waals surface area (Å²) in [5.74, 6) is 0.612. The lowest BCUT2D eigenvalue weighted by Gasteiger charge is -2.31. The molecular formula is C23H33BrOSi. The van der Waals surface area contributed by atoms with Gasteiger partial charge in [0.05, 0.1) is 0 Å². The van der Waals surface area contributed by atoms with Gasteiger partial charge in [0.1, 0.15) is 15.0 Å². The number of hydrogen-bond donors (Lipinski definition) is 0. The Labute approximate surface area is 171 Å². The van der Waals surface area contributed by atoms with Crippen LogP contribution in [0.3, 0.4) is 0 Å². The molecule has 3 heteroatoms. The molecule has 2 aromatic carbocycles. The third kappa shape index (κ3) is 6.07. The first-order valence-electron chi connectivity index (χ1n) is 9.71. The van der Waals surface area contributed by atoms with Crippen LogP contribution in [-0.4, -0.2) is 10.5 Å². The largest absolute Gasteiger partial charge is 0.410 e. The zero-order chi connectivity index (χ0) is 19.0. The summed E-state index contributed by atoms with van der Waals surface area (Å²) in [6.07, 6.45) is 5.94. The fourth-order valence-corrected chi connectivity index (χ4v) is 4.70. The highest BCUT2D eigenvalue weighted by Gasteiger charge is 2.28. The fourth-order valence-electron chi connectivity index (χ4n) is 3.71. The number of alkyl halides is 1. The molecular weight excluding hydrogens is 400 g/mol. The predicted molar refractivity (Wildman–Crippen MR) is 120 cm³/mol. The van der Waals surface area contributed by atoms with Gasteiger partial charge in [-0.05, 0) is 57.7 Å². The Kier molecular flexibility index (Phi) is 8.12. The Hall–Kier alpha value is -0.903. The van der Waals surface area contributed by atoms with Crippen LogP contribution in [0.25, 0.3) is 0 Å². The van der Waals surface area contributed by atoms with E-state index in [-0.39, 0.29) is 4.51 Å². The molecule has 0 fully saturated rings. The van der Waals surface area contributed by atoms with Crippen molar-refractivity contribution in [2.75, 3.05) is 0 Å². The smallest absolute Gasteiger partial charge is 0.148 e. The maximum atomic E-state index is 5.93. The second kappa shape index (κ2) is 9.87. The zero-order valence-corrected chi connectivity index (χ0v) is 20.3. The third-order valence-electron chi connectivity index (χ3n) is 5.27. The summed E-state index contributed by atoms with van der Waals surface area (Å²) < 4.78 is 5.63. The molecule has 0 heterocycles. The first-order valence-corrected chi connectivity index (χ1v) is 11.3. The Morgan fingerprint density at radius 3 is 2.00 bits per heavy atom. The molecule has 2 unspecified atom stereocenters. The van der Waals surface area contributed by atoms with Gasteiger partial charge in [-0.3, -0.25) is 0 Å². The average molecular weight is 434 g/mol. The van der Waals surface area contributed by atoms with Crippen LogP contribution < -0.4 is 0 Å². The van der Waals surface area contributed by atoms with Gasteiger partial charge >= 0.3 is 0 Å². The Morgan fingerprint density at radius 1 is 0.885 bits per heavy atom. The summed E-state index contributed by atoms with van der Waals surface area (Å²) in [5, 5.41) is 0. The van der Waals surface area contributed by atoms with Crippen LogP contribution in [-0.2, 0) is 8.94 Å².